The Hall–Kier alpha value is -3.53. The highest BCUT2D eigenvalue weighted by Gasteiger charge is 2.31. The average molecular weight is 546 g/mol. The summed E-state index contributed by atoms with van der Waals surface area (Å²) in [5.74, 6) is 2.16. The first-order chi connectivity index (χ1) is 19.0. The number of para-hydroxylation sites is 2. The van der Waals surface area contributed by atoms with Crippen molar-refractivity contribution in [1.29, 1.82) is 0 Å². The SMILES string of the molecule is CCCCOc1ccc(S(=O)(=O)N2CCN(C(C)c3nc(Nc4ccccc4)c4ccccc4n3)CC2)cc1. The maximum atomic E-state index is 13.3. The smallest absolute Gasteiger partial charge is 0.243 e. The van der Waals surface area contributed by atoms with Gasteiger partial charge in [-0.15, -0.1) is 0 Å². The summed E-state index contributed by atoms with van der Waals surface area (Å²) in [5.41, 5.74) is 1.83. The van der Waals surface area contributed by atoms with Gasteiger partial charge in [0.1, 0.15) is 17.4 Å². The average Bonchev–Trinajstić information content (AvgIpc) is 2.98. The number of nitrogens with zero attached hydrogens (tertiary/aromatic N) is 4. The van der Waals surface area contributed by atoms with Gasteiger partial charge < -0.3 is 10.1 Å². The van der Waals surface area contributed by atoms with Gasteiger partial charge in [-0.3, -0.25) is 4.90 Å². The fourth-order valence-electron chi connectivity index (χ4n) is 4.72. The molecule has 1 aromatic heterocycles. The summed E-state index contributed by atoms with van der Waals surface area (Å²) in [4.78, 5) is 12.3. The third-order valence-electron chi connectivity index (χ3n) is 7.08. The van der Waals surface area contributed by atoms with Crippen LogP contribution in [0.3, 0.4) is 0 Å². The number of nitrogens with one attached hydrogen (secondary N) is 1. The molecule has 4 aromatic rings. The minimum Gasteiger partial charge on any atom is -0.494 e. The van der Waals surface area contributed by atoms with Gasteiger partial charge in [0.05, 0.1) is 23.1 Å². The lowest BCUT2D eigenvalue weighted by Gasteiger charge is -2.36. The molecule has 39 heavy (non-hydrogen) atoms. The lowest BCUT2D eigenvalue weighted by atomic mass is 10.2. The summed E-state index contributed by atoms with van der Waals surface area (Å²) >= 11 is 0. The maximum Gasteiger partial charge on any atom is 0.243 e. The summed E-state index contributed by atoms with van der Waals surface area (Å²) in [6, 6.07) is 24.6. The minimum absolute atomic E-state index is 0.0738. The minimum atomic E-state index is -3.58. The lowest BCUT2D eigenvalue weighted by Crippen LogP contribution is -2.49. The molecule has 0 bridgehead atoms. The van der Waals surface area contributed by atoms with Gasteiger partial charge in [0.15, 0.2) is 0 Å². The molecule has 3 aromatic carbocycles. The van der Waals surface area contributed by atoms with E-state index in [1.54, 1.807) is 28.6 Å². The van der Waals surface area contributed by atoms with Gasteiger partial charge in [-0.05, 0) is 61.9 Å². The van der Waals surface area contributed by atoms with Crippen LogP contribution in [0.1, 0.15) is 38.6 Å². The molecule has 9 heteroatoms. The molecule has 0 radical (unpaired) electrons. The topological polar surface area (TPSA) is 87.7 Å². The molecule has 0 amide bonds. The highest BCUT2D eigenvalue weighted by Crippen LogP contribution is 2.28. The van der Waals surface area contributed by atoms with Crippen molar-refractivity contribution in [1.82, 2.24) is 19.2 Å². The number of hydrogen-bond donors (Lipinski definition) is 1. The maximum absolute atomic E-state index is 13.3. The number of rotatable bonds is 10. The number of hydrogen-bond acceptors (Lipinski definition) is 7. The number of anilines is 2. The van der Waals surface area contributed by atoms with Crippen LogP contribution in [0.2, 0.25) is 0 Å². The normalized spacial score (nSPS) is 15.7. The first-order valence-corrected chi connectivity index (χ1v) is 15.0. The molecule has 204 valence electrons. The van der Waals surface area contributed by atoms with Gasteiger partial charge in [0.25, 0.3) is 0 Å². The second-order valence-electron chi connectivity index (χ2n) is 9.73. The number of sulfonamides is 1. The largest absolute Gasteiger partial charge is 0.494 e. The van der Waals surface area contributed by atoms with Crippen molar-refractivity contribution in [3.8, 4) is 5.75 Å². The number of benzene rings is 3. The Labute approximate surface area is 230 Å². The number of unbranched alkanes of at least 4 members (excludes halogenated alkanes) is 1. The number of ether oxygens (including phenoxy) is 1. The molecular formula is C30H35N5O3S. The fraction of sp³-hybridized carbons (Fsp3) is 0.333. The molecule has 1 fully saturated rings. The van der Waals surface area contributed by atoms with Crippen LogP contribution in [0.15, 0.2) is 83.8 Å². The Bertz CT molecular complexity index is 1490. The third kappa shape index (κ3) is 6.21. The molecule has 0 spiro atoms. The first-order valence-electron chi connectivity index (χ1n) is 13.5. The van der Waals surface area contributed by atoms with E-state index >= 15 is 0 Å². The van der Waals surface area contributed by atoms with E-state index in [2.05, 4.69) is 24.1 Å². The van der Waals surface area contributed by atoms with E-state index in [4.69, 9.17) is 14.7 Å². The molecular weight excluding hydrogens is 510 g/mol. The van der Waals surface area contributed by atoms with Gasteiger partial charge in [-0.2, -0.15) is 4.31 Å². The van der Waals surface area contributed by atoms with Crippen molar-refractivity contribution >= 4 is 32.4 Å². The molecule has 2 heterocycles. The molecule has 0 saturated carbocycles. The monoisotopic (exact) mass is 545 g/mol. The number of fused-ring (bicyclic) bond motifs is 1. The van der Waals surface area contributed by atoms with Gasteiger partial charge in [0.2, 0.25) is 10.0 Å². The van der Waals surface area contributed by atoms with Crippen molar-refractivity contribution in [2.45, 2.75) is 37.6 Å². The molecule has 1 N–H and O–H groups in total. The molecule has 0 aliphatic carbocycles. The zero-order chi connectivity index (χ0) is 27.2. The van der Waals surface area contributed by atoms with Crippen LogP contribution in [0, 0.1) is 0 Å². The Kier molecular flexibility index (Phi) is 8.40. The highest BCUT2D eigenvalue weighted by molar-refractivity contribution is 7.89. The zero-order valence-electron chi connectivity index (χ0n) is 22.5. The second kappa shape index (κ2) is 12.1. The van der Waals surface area contributed by atoms with Gasteiger partial charge >= 0.3 is 0 Å². The van der Waals surface area contributed by atoms with Crippen LogP contribution in [0.25, 0.3) is 10.9 Å². The van der Waals surface area contributed by atoms with E-state index < -0.39 is 10.0 Å². The van der Waals surface area contributed by atoms with Crippen molar-refractivity contribution in [2.75, 3.05) is 38.1 Å². The summed E-state index contributed by atoms with van der Waals surface area (Å²) in [6.45, 7) is 6.82. The van der Waals surface area contributed by atoms with Crippen LogP contribution < -0.4 is 10.1 Å². The molecule has 1 aliphatic heterocycles. The quantitative estimate of drug-likeness (QED) is 0.259. The summed E-state index contributed by atoms with van der Waals surface area (Å²) < 4.78 is 33.8. The standard InChI is InChI=1S/C30H35N5O3S/c1-3-4-22-38-25-14-16-26(17-15-25)39(36,37)35-20-18-34(19-21-35)23(2)29-32-28-13-9-8-12-27(28)30(33-29)31-24-10-6-5-7-11-24/h5-17,23H,3-4,18-22H2,1-2H3,(H,31,32,33). The summed E-state index contributed by atoms with van der Waals surface area (Å²) in [7, 11) is -3.58. The fourth-order valence-corrected chi connectivity index (χ4v) is 6.14. The van der Waals surface area contributed by atoms with E-state index in [9.17, 15) is 8.42 Å². The van der Waals surface area contributed by atoms with Crippen LogP contribution in [-0.2, 0) is 10.0 Å². The predicted molar refractivity (Wildman–Crippen MR) is 155 cm³/mol. The van der Waals surface area contributed by atoms with Crippen LogP contribution >= 0.6 is 0 Å². The second-order valence-corrected chi connectivity index (χ2v) is 11.7. The van der Waals surface area contributed by atoms with Gasteiger partial charge in [-0.1, -0.05) is 43.7 Å². The van der Waals surface area contributed by atoms with Crippen molar-refractivity contribution in [2.24, 2.45) is 0 Å². The van der Waals surface area contributed by atoms with E-state index in [0.29, 0.717) is 49.3 Å². The Morgan fingerprint density at radius 2 is 1.59 bits per heavy atom. The van der Waals surface area contributed by atoms with E-state index in [1.807, 2.05) is 54.6 Å². The Morgan fingerprint density at radius 1 is 0.897 bits per heavy atom. The van der Waals surface area contributed by atoms with Gasteiger partial charge in [0, 0.05) is 37.3 Å². The summed E-state index contributed by atoms with van der Waals surface area (Å²) in [5, 5.41) is 4.40. The highest BCUT2D eigenvalue weighted by atomic mass is 32.2. The summed E-state index contributed by atoms with van der Waals surface area (Å²) in [6.07, 6.45) is 2.02. The van der Waals surface area contributed by atoms with E-state index in [-0.39, 0.29) is 6.04 Å². The van der Waals surface area contributed by atoms with Crippen molar-refractivity contribution in [3.63, 3.8) is 0 Å². The van der Waals surface area contributed by atoms with Crippen molar-refractivity contribution < 1.29 is 13.2 Å². The van der Waals surface area contributed by atoms with Crippen LogP contribution in [0.5, 0.6) is 5.75 Å². The van der Waals surface area contributed by atoms with E-state index in [0.717, 1.165) is 35.2 Å². The molecule has 1 aliphatic rings. The number of piperazine rings is 1. The van der Waals surface area contributed by atoms with Gasteiger partial charge in [-0.25, -0.2) is 18.4 Å². The first kappa shape index (κ1) is 27.1. The zero-order valence-corrected chi connectivity index (χ0v) is 23.3. The third-order valence-corrected chi connectivity index (χ3v) is 8.99. The molecule has 1 saturated heterocycles. The molecule has 1 unspecified atom stereocenters. The molecule has 1 atom stereocenters. The molecule has 8 nitrogen and oxygen atoms in total. The Balaban J connectivity index is 1.28. The predicted octanol–water partition coefficient (Wildman–Crippen LogP) is 5.62. The number of aromatic nitrogens is 2. The lowest BCUT2D eigenvalue weighted by molar-refractivity contribution is 0.141. The van der Waals surface area contributed by atoms with Crippen molar-refractivity contribution in [3.05, 3.63) is 84.7 Å². The van der Waals surface area contributed by atoms with Crippen LogP contribution in [0.4, 0.5) is 11.5 Å². The van der Waals surface area contributed by atoms with E-state index in [1.165, 1.54) is 0 Å². The Morgan fingerprint density at radius 3 is 2.31 bits per heavy atom. The molecule has 5 rings (SSSR count). The van der Waals surface area contributed by atoms with Crippen LogP contribution in [-0.4, -0.2) is 60.4 Å².